The summed E-state index contributed by atoms with van der Waals surface area (Å²) in [6, 6.07) is 12.0. The van der Waals surface area contributed by atoms with E-state index in [4.69, 9.17) is 0 Å². The highest BCUT2D eigenvalue weighted by Gasteiger charge is 2.20. The summed E-state index contributed by atoms with van der Waals surface area (Å²) in [5.74, 6) is 0.478. The maximum atomic E-state index is 12.7. The van der Waals surface area contributed by atoms with E-state index in [1.807, 2.05) is 48.0 Å². The van der Waals surface area contributed by atoms with Crippen LogP contribution in [0.3, 0.4) is 0 Å². The number of aromatic nitrogens is 1. The van der Waals surface area contributed by atoms with Gasteiger partial charge in [0, 0.05) is 16.6 Å². The van der Waals surface area contributed by atoms with Crippen molar-refractivity contribution < 1.29 is 4.79 Å². The van der Waals surface area contributed by atoms with Crippen LogP contribution in [0, 0.1) is 0 Å². The summed E-state index contributed by atoms with van der Waals surface area (Å²) in [4.78, 5) is 19.1. The molecule has 25 heavy (non-hydrogen) atoms. The first-order chi connectivity index (χ1) is 12.3. The van der Waals surface area contributed by atoms with Crippen LogP contribution in [0.1, 0.15) is 33.3 Å². The van der Waals surface area contributed by atoms with Crippen LogP contribution in [-0.4, -0.2) is 24.0 Å². The Labute approximate surface area is 154 Å². The molecule has 1 aromatic carbocycles. The average molecular weight is 370 g/mol. The fourth-order valence-corrected chi connectivity index (χ4v) is 4.91. The number of thiophene rings is 1. The molecule has 2 N–H and O–H groups in total. The summed E-state index contributed by atoms with van der Waals surface area (Å²) in [6.45, 7) is 2.11. The van der Waals surface area contributed by atoms with Crippen LogP contribution in [0.2, 0.25) is 0 Å². The molecule has 0 spiro atoms. The number of amides is 1. The predicted molar refractivity (Wildman–Crippen MR) is 105 cm³/mol. The van der Waals surface area contributed by atoms with Gasteiger partial charge in [0.05, 0.1) is 0 Å². The Morgan fingerprint density at radius 1 is 1.16 bits per heavy atom. The number of hydrogen-bond donors (Lipinski definition) is 2. The van der Waals surface area contributed by atoms with Gasteiger partial charge in [0.25, 0.3) is 5.91 Å². The number of nitrogens with zero attached hydrogens (tertiary/aromatic N) is 1. The Hall–Kier alpha value is -2.02. The number of thiazole rings is 1. The zero-order valence-electron chi connectivity index (χ0n) is 13.7. The van der Waals surface area contributed by atoms with Crippen LogP contribution >= 0.6 is 22.7 Å². The zero-order valence-corrected chi connectivity index (χ0v) is 15.3. The number of rotatable bonds is 4. The van der Waals surface area contributed by atoms with Gasteiger partial charge in [-0.2, -0.15) is 0 Å². The second kappa shape index (κ2) is 7.47. The van der Waals surface area contributed by atoms with Gasteiger partial charge in [0.2, 0.25) is 0 Å². The maximum absolute atomic E-state index is 12.7. The average Bonchev–Trinajstić information content (AvgIpc) is 3.33. The molecule has 0 saturated carbocycles. The van der Waals surface area contributed by atoms with E-state index < -0.39 is 0 Å². The monoisotopic (exact) mass is 369 g/mol. The first kappa shape index (κ1) is 16.4. The Bertz CT molecular complexity index is 850. The van der Waals surface area contributed by atoms with Gasteiger partial charge >= 0.3 is 0 Å². The number of carbonyl (C=O) groups excluding carboxylic acids is 1. The largest absolute Gasteiger partial charge is 0.317 e. The number of benzene rings is 1. The van der Waals surface area contributed by atoms with E-state index in [1.54, 1.807) is 11.3 Å². The van der Waals surface area contributed by atoms with Crippen molar-refractivity contribution in [3.05, 3.63) is 57.7 Å². The quantitative estimate of drug-likeness (QED) is 0.707. The van der Waals surface area contributed by atoms with E-state index >= 15 is 0 Å². The molecule has 1 fully saturated rings. The third-order valence-electron chi connectivity index (χ3n) is 4.44. The molecule has 1 aliphatic rings. The zero-order chi connectivity index (χ0) is 17.1. The van der Waals surface area contributed by atoms with E-state index in [0.29, 0.717) is 11.0 Å². The van der Waals surface area contributed by atoms with Crippen LogP contribution in [0.15, 0.2) is 48.0 Å². The van der Waals surface area contributed by atoms with Crippen LogP contribution in [-0.2, 0) is 0 Å². The van der Waals surface area contributed by atoms with Gasteiger partial charge in [-0.25, -0.2) is 4.98 Å². The molecule has 1 aliphatic heterocycles. The van der Waals surface area contributed by atoms with Crippen LogP contribution in [0.4, 0.5) is 5.13 Å². The van der Waals surface area contributed by atoms with Gasteiger partial charge in [0.15, 0.2) is 5.13 Å². The number of carbonyl (C=O) groups is 1. The molecule has 6 heteroatoms. The number of piperidine rings is 1. The van der Waals surface area contributed by atoms with Crippen LogP contribution in [0.5, 0.6) is 0 Å². The van der Waals surface area contributed by atoms with E-state index in [2.05, 4.69) is 15.6 Å². The minimum Gasteiger partial charge on any atom is -0.317 e. The fraction of sp³-hybridized carbons (Fsp3) is 0.263. The lowest BCUT2D eigenvalue weighted by Crippen LogP contribution is -2.26. The number of nitrogens with one attached hydrogen (secondary N) is 2. The SMILES string of the molecule is O=C(Nc1ncc(C2CCNCC2)s1)c1sccc1-c1ccccc1. The first-order valence-corrected chi connectivity index (χ1v) is 10.1. The molecule has 1 amide bonds. The van der Waals surface area contributed by atoms with E-state index in [1.165, 1.54) is 16.2 Å². The molecule has 0 aliphatic carbocycles. The summed E-state index contributed by atoms with van der Waals surface area (Å²) < 4.78 is 0. The minimum atomic E-state index is -0.0833. The summed E-state index contributed by atoms with van der Waals surface area (Å²) >= 11 is 3.06. The number of anilines is 1. The minimum absolute atomic E-state index is 0.0833. The molecule has 128 valence electrons. The summed E-state index contributed by atoms with van der Waals surface area (Å²) in [5.41, 5.74) is 2.03. The van der Waals surface area contributed by atoms with Crippen molar-refractivity contribution in [3.8, 4) is 11.1 Å². The van der Waals surface area contributed by atoms with Crippen molar-refractivity contribution in [2.24, 2.45) is 0 Å². The Balaban J connectivity index is 1.50. The Kier molecular flexibility index (Phi) is 4.92. The highest BCUT2D eigenvalue weighted by atomic mass is 32.1. The van der Waals surface area contributed by atoms with Gasteiger partial charge < -0.3 is 5.32 Å². The molecule has 1 saturated heterocycles. The second-order valence-corrected chi connectivity index (χ2v) is 8.05. The predicted octanol–water partition coefficient (Wildman–Crippen LogP) is 4.59. The van der Waals surface area contributed by atoms with Crippen molar-refractivity contribution in [2.75, 3.05) is 18.4 Å². The second-order valence-electron chi connectivity index (χ2n) is 6.08. The fourth-order valence-electron chi connectivity index (χ4n) is 3.12. The highest BCUT2D eigenvalue weighted by molar-refractivity contribution is 7.16. The molecule has 0 atom stereocenters. The molecular formula is C19H19N3OS2. The van der Waals surface area contributed by atoms with Gasteiger partial charge in [0.1, 0.15) is 4.88 Å². The smallest absolute Gasteiger partial charge is 0.268 e. The summed E-state index contributed by atoms with van der Waals surface area (Å²) in [5, 5.41) is 9.00. The maximum Gasteiger partial charge on any atom is 0.268 e. The van der Waals surface area contributed by atoms with Crippen molar-refractivity contribution in [3.63, 3.8) is 0 Å². The van der Waals surface area contributed by atoms with Gasteiger partial charge in [-0.1, -0.05) is 30.3 Å². The van der Waals surface area contributed by atoms with E-state index in [9.17, 15) is 4.79 Å². The molecule has 3 aromatic rings. The lowest BCUT2D eigenvalue weighted by molar-refractivity contribution is 0.103. The molecular weight excluding hydrogens is 350 g/mol. The normalized spacial score (nSPS) is 15.2. The molecule has 4 nitrogen and oxygen atoms in total. The van der Waals surface area contributed by atoms with Crippen LogP contribution < -0.4 is 10.6 Å². The lowest BCUT2D eigenvalue weighted by Gasteiger charge is -2.20. The molecule has 0 radical (unpaired) electrons. The van der Waals surface area contributed by atoms with Crippen molar-refractivity contribution in [1.82, 2.24) is 10.3 Å². The van der Waals surface area contributed by atoms with E-state index in [0.717, 1.165) is 41.9 Å². The lowest BCUT2D eigenvalue weighted by atomic mass is 9.97. The van der Waals surface area contributed by atoms with Gasteiger partial charge in [-0.05, 0) is 48.9 Å². The summed E-state index contributed by atoms with van der Waals surface area (Å²) in [7, 11) is 0. The topological polar surface area (TPSA) is 54.0 Å². The standard InChI is InChI=1S/C19H19N3OS2/c23-18(17-15(8-11-24-17)13-4-2-1-3-5-13)22-19-21-12-16(25-19)14-6-9-20-10-7-14/h1-5,8,11-12,14,20H,6-7,9-10H2,(H,21,22,23). The van der Waals surface area contributed by atoms with E-state index in [-0.39, 0.29) is 5.91 Å². The Morgan fingerprint density at radius 2 is 1.96 bits per heavy atom. The summed E-state index contributed by atoms with van der Waals surface area (Å²) in [6.07, 6.45) is 4.19. The van der Waals surface area contributed by atoms with Crippen molar-refractivity contribution in [1.29, 1.82) is 0 Å². The molecule has 4 rings (SSSR count). The third kappa shape index (κ3) is 3.66. The Morgan fingerprint density at radius 3 is 2.76 bits per heavy atom. The molecule has 2 aromatic heterocycles. The van der Waals surface area contributed by atoms with Crippen molar-refractivity contribution in [2.45, 2.75) is 18.8 Å². The number of hydrogen-bond acceptors (Lipinski definition) is 5. The highest BCUT2D eigenvalue weighted by Crippen LogP contribution is 2.33. The van der Waals surface area contributed by atoms with Gasteiger partial charge in [-0.3, -0.25) is 10.1 Å². The molecule has 0 bridgehead atoms. The first-order valence-electron chi connectivity index (χ1n) is 8.42. The van der Waals surface area contributed by atoms with Crippen molar-refractivity contribution >= 4 is 33.7 Å². The molecule has 3 heterocycles. The van der Waals surface area contributed by atoms with Crippen LogP contribution in [0.25, 0.3) is 11.1 Å². The van der Waals surface area contributed by atoms with Gasteiger partial charge in [-0.15, -0.1) is 22.7 Å². The third-order valence-corrected chi connectivity index (χ3v) is 6.43. The molecule has 0 unspecified atom stereocenters.